The predicted octanol–water partition coefficient (Wildman–Crippen LogP) is 11.8. The zero-order valence-corrected chi connectivity index (χ0v) is 74.5. The molecule has 0 radical (unpaired) electrons. The summed E-state index contributed by atoms with van der Waals surface area (Å²) < 4.78 is 0. The Hall–Kier alpha value is -10.5. The van der Waals surface area contributed by atoms with Crippen LogP contribution in [0.2, 0.25) is 0 Å². The Labute approximate surface area is 766 Å². The quantitative estimate of drug-likeness (QED) is 0.0503. The molecule has 0 saturated carbocycles. The Balaban J connectivity index is 0.000000158. The second-order valence-electron chi connectivity index (χ2n) is 25.0. The molecule has 0 unspecified atom stereocenters. The monoisotopic (exact) mass is 1910 g/mol. The molecule has 120 heavy (non-hydrogen) atoms. The van der Waals surface area contributed by atoms with Gasteiger partial charge in [-0.3, -0.25) is 19.9 Å². The van der Waals surface area contributed by atoms with E-state index in [0.717, 1.165) is 0 Å². The predicted molar refractivity (Wildman–Crippen MR) is 491 cm³/mol. The fourth-order valence-electron chi connectivity index (χ4n) is 12.2. The molecule has 0 aliphatic carbocycles. The molecule has 0 amide bonds. The van der Waals surface area contributed by atoms with Crippen molar-refractivity contribution >= 4 is 191 Å². The number of H-pyrrole nitrogens is 4. The van der Waals surface area contributed by atoms with E-state index < -0.39 is 31.7 Å². The van der Waals surface area contributed by atoms with Crippen molar-refractivity contribution in [1.82, 2.24) is 69.8 Å². The number of nitrogens with one attached hydrogen (secondary N) is 4. The standard InChI is InChI=1S/4C18H15P.2C5H4N4S.2C5H3N4S.4Cu/c4*1-4-10-16(11-5-1)19(17-12-6-2-7-13-17)18-14-8-3-9-15-18;4*10-5-3-4(7-1-6-3)8-2-9-5;;;;/h4*1-15H;2*1-2H,(H2,6,7,8,9,10);2*1-2H,(H-,6,7,8,9,10);;;;/q;;;;;;2*-1;4*+1/p+2. The minimum atomic E-state index is -0.877. The molecule has 0 saturated heterocycles. The van der Waals surface area contributed by atoms with Crippen LogP contribution in [0.4, 0.5) is 0 Å². The molecule has 0 aliphatic rings. The second kappa shape index (κ2) is 50.6. The van der Waals surface area contributed by atoms with Crippen LogP contribution in [-0.2, 0) is 119 Å². The van der Waals surface area contributed by atoms with Gasteiger partial charge in [0.05, 0.1) is 55.6 Å². The van der Waals surface area contributed by atoms with Gasteiger partial charge in [0.2, 0.25) is 12.7 Å². The number of rotatable bonds is 12. The summed E-state index contributed by atoms with van der Waals surface area (Å²) in [6, 6.07) is 130. The van der Waals surface area contributed by atoms with Gasteiger partial charge in [-0.2, -0.15) is 0 Å². The Morgan fingerprint density at radius 2 is 0.417 bits per heavy atom. The van der Waals surface area contributed by atoms with Gasteiger partial charge in [-0.15, -0.1) is 9.97 Å². The van der Waals surface area contributed by atoms with Gasteiger partial charge in [0.25, 0.3) is 0 Å². The molecule has 8 heterocycles. The molecule has 20 rings (SSSR count). The summed E-state index contributed by atoms with van der Waals surface area (Å²) in [4.78, 5) is 57.9. The van der Waals surface area contributed by atoms with E-state index in [1.54, 1.807) is 12.7 Å². The van der Waals surface area contributed by atoms with Gasteiger partial charge in [0.15, 0.2) is 11.3 Å². The van der Waals surface area contributed by atoms with Crippen molar-refractivity contribution in [2.45, 2.75) is 20.1 Å². The van der Waals surface area contributed by atoms with E-state index in [4.69, 9.17) is 50.5 Å². The van der Waals surface area contributed by atoms with E-state index in [9.17, 15) is 0 Å². The Kier molecular flexibility index (Phi) is 39.3. The number of hydrogen-bond donors (Lipinski definition) is 2. The minimum absolute atomic E-state index is 0. The van der Waals surface area contributed by atoms with Crippen LogP contribution in [0.3, 0.4) is 0 Å². The van der Waals surface area contributed by atoms with E-state index in [1.165, 1.54) is 102 Å². The summed E-state index contributed by atoms with van der Waals surface area (Å²) >= 11 is 19.5. The molecule has 0 bridgehead atoms. The van der Waals surface area contributed by atoms with Crippen LogP contribution in [0.1, 0.15) is 0 Å². The first kappa shape index (κ1) is 93.4. The maximum atomic E-state index is 4.87. The zero-order valence-electron chi connectivity index (χ0n) is 63.5. The van der Waals surface area contributed by atoms with Crippen LogP contribution in [0.25, 0.3) is 44.7 Å². The van der Waals surface area contributed by atoms with E-state index in [-0.39, 0.29) is 68.3 Å². The molecule has 0 atom stereocenters. The molecular weight excluding hydrogens is 1840 g/mol. The average Bonchev–Trinajstić information content (AvgIpc) is 1.47. The van der Waals surface area contributed by atoms with Crippen molar-refractivity contribution in [3.8, 4) is 0 Å². The topological polar surface area (TPSA) is 217 Å². The van der Waals surface area contributed by atoms with Crippen molar-refractivity contribution in [3.05, 3.63) is 415 Å². The fourth-order valence-corrected chi connectivity index (χ4v) is 23.3. The minimum Gasteiger partial charge on any atom is -0.758 e. The number of imidazole rings is 4. The summed E-state index contributed by atoms with van der Waals surface area (Å²) in [5.74, 6) is 0. The molecule has 16 nitrogen and oxygen atoms in total. The van der Waals surface area contributed by atoms with Gasteiger partial charge >= 0.3 is 68.3 Å². The van der Waals surface area contributed by atoms with E-state index in [1.807, 2.05) is 0 Å². The number of aromatic nitrogens is 16. The van der Waals surface area contributed by atoms with Crippen molar-refractivity contribution in [2.24, 2.45) is 0 Å². The number of fused-ring (bicyclic) bond motifs is 4. The Bertz CT molecular complexity index is 5070. The molecule has 4 N–H and O–H groups in total. The van der Waals surface area contributed by atoms with E-state index in [2.05, 4.69) is 444 Å². The van der Waals surface area contributed by atoms with Crippen LogP contribution in [0, 0.1) is 0 Å². The normalized spacial score (nSPS) is 10.2. The summed E-state index contributed by atoms with van der Waals surface area (Å²) in [6.07, 6.45) is 11.9. The SMILES string of the molecule is [Cu+].[Cu+].[Cu+].[Cu+].[S-]c1nc[nH+]c2nc[n-]c12.[S-]c1nc[nH+]c2nc[n-]c12.[S-]c1ncnc2[nH]cnc12.[S-]c1ncnc2[nH]cnc12.c1ccc([PH+](c2ccccc2)c2ccccc2)cc1.c1ccc([PH+](c2ccccc2)c2ccccc2)cc1.c1ccc([PH+](c2ccccc2)c2ccccc2)cc1.c1ccc([PH+](c2ccccc2)c2ccccc2)cc1. The first-order valence-electron chi connectivity index (χ1n) is 36.7. The number of aromatic amines is 4. The third-order valence-corrected chi connectivity index (χ3v) is 29.6. The molecule has 0 aliphatic heterocycles. The third-order valence-electron chi connectivity index (χ3n) is 17.5. The first-order chi connectivity index (χ1) is 57.3. The van der Waals surface area contributed by atoms with Crippen LogP contribution < -0.4 is 83.6 Å². The van der Waals surface area contributed by atoms with Crippen molar-refractivity contribution in [3.63, 3.8) is 0 Å². The maximum Gasteiger partial charge on any atom is 1.00 e. The number of nitrogens with zero attached hydrogens (tertiary/aromatic N) is 12. The molecule has 28 heteroatoms. The molecular formula is C92H76Cu4N16P4S4+4. The largest absolute Gasteiger partial charge is 1.00 e. The summed E-state index contributed by atoms with van der Waals surface area (Å²) in [6.45, 7) is 0. The van der Waals surface area contributed by atoms with Crippen LogP contribution >= 0.6 is 31.7 Å². The van der Waals surface area contributed by atoms with Gasteiger partial charge in [-0.05, 0) is 146 Å². The maximum absolute atomic E-state index is 4.87. The summed E-state index contributed by atoms with van der Waals surface area (Å²) in [5, 5.41) is 19.2. The number of benzene rings is 12. The van der Waals surface area contributed by atoms with Crippen molar-refractivity contribution in [2.75, 3.05) is 0 Å². The van der Waals surface area contributed by atoms with Gasteiger partial charge in [-0.25, -0.2) is 19.9 Å². The molecule has 20 aromatic rings. The Morgan fingerprint density at radius 3 is 0.592 bits per heavy atom. The molecule has 0 spiro atoms. The average molecular weight is 1910 g/mol. The van der Waals surface area contributed by atoms with Crippen LogP contribution in [0.5, 0.6) is 0 Å². The van der Waals surface area contributed by atoms with Crippen molar-refractivity contribution < 1.29 is 78.2 Å². The molecule has 608 valence electrons. The van der Waals surface area contributed by atoms with E-state index >= 15 is 0 Å². The summed E-state index contributed by atoms with van der Waals surface area (Å²) in [7, 11) is -3.51. The zero-order chi connectivity index (χ0) is 79.6. The third kappa shape index (κ3) is 26.8. The van der Waals surface area contributed by atoms with Gasteiger partial charge in [-0.1, -0.05) is 241 Å². The van der Waals surface area contributed by atoms with E-state index in [0.29, 0.717) is 64.8 Å². The first-order valence-corrected chi connectivity index (χ1v) is 44.3. The molecule has 12 aromatic carbocycles. The smallest absolute Gasteiger partial charge is 0.758 e. The van der Waals surface area contributed by atoms with Gasteiger partial charge < -0.3 is 80.4 Å². The van der Waals surface area contributed by atoms with Crippen LogP contribution in [-0.4, -0.2) is 59.8 Å². The van der Waals surface area contributed by atoms with Gasteiger partial charge in [0, 0.05) is 21.1 Å². The van der Waals surface area contributed by atoms with Gasteiger partial charge in [0.1, 0.15) is 87.3 Å². The molecule has 0 fully saturated rings. The van der Waals surface area contributed by atoms with Crippen molar-refractivity contribution in [1.29, 1.82) is 0 Å². The van der Waals surface area contributed by atoms with Crippen LogP contribution in [0.15, 0.2) is 435 Å². The second-order valence-corrected chi connectivity index (χ2v) is 36.5. The molecule has 8 aromatic heterocycles. The fraction of sp³-hybridized carbons (Fsp3) is 0. The Morgan fingerprint density at radius 1 is 0.225 bits per heavy atom. The summed E-state index contributed by atoms with van der Waals surface area (Å²) in [5.41, 5.74) is 5.44. The number of hydrogen-bond acceptors (Lipinski definition) is 14.